The lowest BCUT2D eigenvalue weighted by Crippen LogP contribution is -2.24. The molecule has 0 aromatic carbocycles. The molecule has 0 fully saturated rings. The highest BCUT2D eigenvalue weighted by Crippen LogP contribution is 2.13. The number of unbranched alkanes of at least 4 members (excludes halogenated alkanes) is 13. The fraction of sp³-hybridized carbons (Fsp3) is 0.571. The van der Waals surface area contributed by atoms with Gasteiger partial charge in [-0.25, -0.2) is 0 Å². The van der Waals surface area contributed by atoms with E-state index in [1.165, 1.54) is 77.0 Å². The van der Waals surface area contributed by atoms with Crippen LogP contribution in [0.2, 0.25) is 0 Å². The second kappa shape index (κ2) is 18.6. The number of carbonyl (C=O) groups is 2. The predicted molar refractivity (Wildman–Crippen MR) is 138 cm³/mol. The maximum atomic E-state index is 11.9. The Morgan fingerprint density at radius 3 is 1.03 bits per heavy atom. The number of carbonyl (C=O) groups excluding carboxylic acids is 2. The van der Waals surface area contributed by atoms with Crippen LogP contribution in [-0.2, 0) is 0 Å². The Labute approximate surface area is 205 Å². The largest absolute Gasteiger partial charge is 0.352 e. The summed E-state index contributed by atoms with van der Waals surface area (Å²) >= 11 is 0. The lowest BCUT2D eigenvalue weighted by atomic mass is 10.0. The van der Waals surface area contributed by atoms with Crippen molar-refractivity contribution < 1.29 is 9.59 Å². The molecule has 0 atom stereocenters. The van der Waals surface area contributed by atoms with Gasteiger partial charge in [-0.15, -0.1) is 0 Å². The van der Waals surface area contributed by atoms with Gasteiger partial charge in [0.05, 0.1) is 0 Å². The van der Waals surface area contributed by atoms with E-state index in [1.807, 2.05) is 0 Å². The van der Waals surface area contributed by atoms with Crippen molar-refractivity contribution in [3.8, 4) is 0 Å². The first-order chi connectivity index (χ1) is 16.8. The third kappa shape index (κ3) is 13.1. The Morgan fingerprint density at radius 2 is 0.735 bits per heavy atom. The SMILES string of the molecule is O=C(NCCCCCCCCCCCCCCCCNC(=O)c1ccncc1)c1ccncc1. The van der Waals surface area contributed by atoms with Gasteiger partial charge in [0.25, 0.3) is 11.8 Å². The highest BCUT2D eigenvalue weighted by Gasteiger charge is 2.04. The summed E-state index contributed by atoms with van der Waals surface area (Å²) in [5.74, 6) is -0.0132. The molecule has 2 aromatic heterocycles. The average molecular weight is 467 g/mol. The minimum absolute atomic E-state index is 0.00661. The smallest absolute Gasteiger partial charge is 0.251 e. The molecule has 0 unspecified atom stereocenters. The molecule has 0 aliphatic heterocycles. The first-order valence-electron chi connectivity index (χ1n) is 13.1. The molecule has 0 radical (unpaired) electrons. The first-order valence-corrected chi connectivity index (χ1v) is 13.1. The van der Waals surface area contributed by atoms with Gasteiger partial charge < -0.3 is 10.6 Å². The standard InChI is InChI=1S/C28H42N4O2/c33-27(25-15-21-29-22-16-25)31-19-13-11-9-7-5-3-1-2-4-6-8-10-12-14-20-32-28(34)26-17-23-30-24-18-26/h15-18,21-24H,1-14,19-20H2,(H,31,33)(H,32,34). The van der Waals surface area contributed by atoms with Crippen molar-refractivity contribution in [1.29, 1.82) is 0 Å². The Hall–Kier alpha value is -2.76. The van der Waals surface area contributed by atoms with Crippen LogP contribution < -0.4 is 10.6 Å². The van der Waals surface area contributed by atoms with Crippen molar-refractivity contribution in [2.45, 2.75) is 89.9 Å². The van der Waals surface area contributed by atoms with E-state index in [1.54, 1.807) is 49.1 Å². The van der Waals surface area contributed by atoms with E-state index in [0.29, 0.717) is 11.1 Å². The van der Waals surface area contributed by atoms with Gasteiger partial charge in [0.15, 0.2) is 0 Å². The molecule has 0 bridgehead atoms. The summed E-state index contributed by atoms with van der Waals surface area (Å²) in [4.78, 5) is 31.7. The van der Waals surface area contributed by atoms with Gasteiger partial charge in [-0.2, -0.15) is 0 Å². The fourth-order valence-corrected chi connectivity index (χ4v) is 3.99. The highest BCUT2D eigenvalue weighted by molar-refractivity contribution is 5.94. The zero-order chi connectivity index (χ0) is 24.1. The third-order valence-electron chi connectivity index (χ3n) is 6.06. The lowest BCUT2D eigenvalue weighted by Gasteiger charge is -2.06. The summed E-state index contributed by atoms with van der Waals surface area (Å²) in [5, 5.41) is 5.95. The predicted octanol–water partition coefficient (Wildman–Crippen LogP) is 6.10. The van der Waals surface area contributed by atoms with Gasteiger partial charge in [0, 0.05) is 49.0 Å². The molecule has 6 nitrogen and oxygen atoms in total. The van der Waals surface area contributed by atoms with E-state index < -0.39 is 0 Å². The Morgan fingerprint density at radius 1 is 0.471 bits per heavy atom. The fourth-order valence-electron chi connectivity index (χ4n) is 3.99. The minimum Gasteiger partial charge on any atom is -0.352 e. The normalized spacial score (nSPS) is 10.7. The van der Waals surface area contributed by atoms with E-state index in [0.717, 1.165) is 25.9 Å². The number of hydrogen-bond donors (Lipinski definition) is 2. The zero-order valence-electron chi connectivity index (χ0n) is 20.6. The minimum atomic E-state index is -0.00661. The number of aromatic nitrogens is 2. The maximum absolute atomic E-state index is 11.9. The summed E-state index contributed by atoms with van der Waals surface area (Å²) in [5.41, 5.74) is 1.36. The van der Waals surface area contributed by atoms with Crippen LogP contribution in [0, 0.1) is 0 Å². The Kier molecular flexibility index (Phi) is 15.1. The summed E-state index contributed by atoms with van der Waals surface area (Å²) in [6.45, 7) is 1.50. The van der Waals surface area contributed by atoms with E-state index in [-0.39, 0.29) is 11.8 Å². The van der Waals surface area contributed by atoms with Crippen LogP contribution in [0.25, 0.3) is 0 Å². The number of pyridine rings is 2. The molecule has 6 heteroatoms. The number of nitrogens with zero attached hydrogens (tertiary/aromatic N) is 2. The molecule has 2 amide bonds. The van der Waals surface area contributed by atoms with Gasteiger partial charge in [-0.1, -0.05) is 77.0 Å². The summed E-state index contributed by atoms with van der Waals surface area (Å²) in [6.07, 6.45) is 24.2. The second-order valence-electron chi connectivity index (χ2n) is 8.93. The van der Waals surface area contributed by atoms with Crippen LogP contribution in [0.1, 0.15) is 111 Å². The van der Waals surface area contributed by atoms with Crippen molar-refractivity contribution in [1.82, 2.24) is 20.6 Å². The van der Waals surface area contributed by atoms with E-state index in [4.69, 9.17) is 0 Å². The number of amides is 2. The maximum Gasteiger partial charge on any atom is 0.251 e. The zero-order valence-corrected chi connectivity index (χ0v) is 20.6. The van der Waals surface area contributed by atoms with Crippen LogP contribution in [0.15, 0.2) is 49.1 Å². The molecule has 0 saturated carbocycles. The quantitative estimate of drug-likeness (QED) is 0.245. The van der Waals surface area contributed by atoms with Crippen LogP contribution in [-0.4, -0.2) is 34.9 Å². The van der Waals surface area contributed by atoms with Gasteiger partial charge in [0.2, 0.25) is 0 Å². The van der Waals surface area contributed by atoms with Gasteiger partial charge in [0.1, 0.15) is 0 Å². The Bertz CT molecular complexity index is 716. The molecular formula is C28H42N4O2. The average Bonchev–Trinajstić information content (AvgIpc) is 2.88. The van der Waals surface area contributed by atoms with Crippen molar-refractivity contribution in [3.05, 3.63) is 60.2 Å². The van der Waals surface area contributed by atoms with Gasteiger partial charge in [-0.3, -0.25) is 19.6 Å². The number of hydrogen-bond acceptors (Lipinski definition) is 4. The monoisotopic (exact) mass is 466 g/mol. The number of nitrogens with one attached hydrogen (secondary N) is 2. The van der Waals surface area contributed by atoms with E-state index >= 15 is 0 Å². The topological polar surface area (TPSA) is 84.0 Å². The molecule has 2 heterocycles. The lowest BCUT2D eigenvalue weighted by molar-refractivity contribution is 0.0944. The van der Waals surface area contributed by atoms with Crippen molar-refractivity contribution in [3.63, 3.8) is 0 Å². The first kappa shape index (κ1) is 27.5. The number of rotatable bonds is 19. The van der Waals surface area contributed by atoms with Crippen LogP contribution in [0.5, 0.6) is 0 Å². The molecule has 34 heavy (non-hydrogen) atoms. The van der Waals surface area contributed by atoms with E-state index in [9.17, 15) is 9.59 Å². The van der Waals surface area contributed by atoms with Crippen LogP contribution in [0.4, 0.5) is 0 Å². The highest BCUT2D eigenvalue weighted by atomic mass is 16.2. The van der Waals surface area contributed by atoms with Gasteiger partial charge in [-0.05, 0) is 37.1 Å². The molecule has 0 aliphatic rings. The Balaban J connectivity index is 1.26. The third-order valence-corrected chi connectivity index (χ3v) is 6.06. The van der Waals surface area contributed by atoms with Crippen LogP contribution in [0.3, 0.4) is 0 Å². The summed E-state index contributed by atoms with van der Waals surface area (Å²) in [7, 11) is 0. The molecule has 186 valence electrons. The van der Waals surface area contributed by atoms with Gasteiger partial charge >= 0.3 is 0 Å². The molecule has 0 saturated heterocycles. The van der Waals surface area contributed by atoms with E-state index in [2.05, 4.69) is 20.6 Å². The molecular weight excluding hydrogens is 424 g/mol. The summed E-state index contributed by atoms with van der Waals surface area (Å²) < 4.78 is 0. The van der Waals surface area contributed by atoms with Crippen molar-refractivity contribution in [2.75, 3.05) is 13.1 Å². The molecule has 2 aromatic rings. The molecule has 2 N–H and O–H groups in total. The molecule has 0 aliphatic carbocycles. The molecule has 0 spiro atoms. The van der Waals surface area contributed by atoms with Crippen LogP contribution >= 0.6 is 0 Å². The van der Waals surface area contributed by atoms with Crippen molar-refractivity contribution in [2.24, 2.45) is 0 Å². The second-order valence-corrected chi connectivity index (χ2v) is 8.93. The molecule has 2 rings (SSSR count). The summed E-state index contributed by atoms with van der Waals surface area (Å²) in [6, 6.07) is 6.96. The van der Waals surface area contributed by atoms with Crippen molar-refractivity contribution >= 4 is 11.8 Å².